The molecule has 18 heavy (non-hydrogen) atoms. The quantitative estimate of drug-likeness (QED) is 0.795. The number of halogens is 1. The van der Waals surface area contributed by atoms with Crippen LogP contribution in [0.2, 0.25) is 0 Å². The van der Waals surface area contributed by atoms with Gasteiger partial charge in [0.1, 0.15) is 0 Å². The highest BCUT2D eigenvalue weighted by molar-refractivity contribution is 14.1. The van der Waals surface area contributed by atoms with Crippen LogP contribution in [0.1, 0.15) is 39.0 Å². The van der Waals surface area contributed by atoms with Crippen molar-refractivity contribution in [2.75, 3.05) is 11.9 Å². The van der Waals surface area contributed by atoms with Crippen molar-refractivity contribution in [3.8, 4) is 0 Å². The highest BCUT2D eigenvalue weighted by Crippen LogP contribution is 2.17. The third-order valence-corrected chi connectivity index (χ3v) is 4.21. The minimum atomic E-state index is 0.527. The lowest BCUT2D eigenvalue weighted by molar-refractivity contribution is 0.456. The summed E-state index contributed by atoms with van der Waals surface area (Å²) in [6.45, 7) is 3.48. The molecule has 0 spiro atoms. The van der Waals surface area contributed by atoms with Gasteiger partial charge in [0.05, 0.1) is 0 Å². The molecular formula is C15H23IN2. The van der Waals surface area contributed by atoms with Gasteiger partial charge in [-0.3, -0.25) is 0 Å². The highest BCUT2D eigenvalue weighted by Gasteiger charge is 2.14. The topological polar surface area (TPSA) is 24.1 Å². The first-order chi connectivity index (χ1) is 8.74. The molecular weight excluding hydrogens is 335 g/mol. The number of benzene rings is 1. The average Bonchev–Trinajstić information content (AvgIpc) is 2.57. The Morgan fingerprint density at radius 2 is 2.28 bits per heavy atom. The SMILES string of the molecule is CC(CC1CCCCCN1)Nc1cccc(I)c1. The van der Waals surface area contributed by atoms with Crippen molar-refractivity contribution in [1.82, 2.24) is 5.32 Å². The lowest BCUT2D eigenvalue weighted by Gasteiger charge is -2.22. The summed E-state index contributed by atoms with van der Waals surface area (Å²) >= 11 is 2.36. The van der Waals surface area contributed by atoms with E-state index in [1.54, 1.807) is 0 Å². The van der Waals surface area contributed by atoms with Crippen molar-refractivity contribution < 1.29 is 0 Å². The molecule has 1 heterocycles. The molecule has 0 amide bonds. The summed E-state index contributed by atoms with van der Waals surface area (Å²) in [7, 11) is 0. The van der Waals surface area contributed by atoms with Gasteiger partial charge < -0.3 is 10.6 Å². The minimum Gasteiger partial charge on any atom is -0.383 e. The van der Waals surface area contributed by atoms with Gasteiger partial charge in [-0.2, -0.15) is 0 Å². The van der Waals surface area contributed by atoms with E-state index in [2.05, 4.69) is 64.4 Å². The zero-order chi connectivity index (χ0) is 12.8. The second kappa shape index (κ2) is 7.34. The van der Waals surface area contributed by atoms with Crippen LogP contribution in [0.4, 0.5) is 5.69 Å². The van der Waals surface area contributed by atoms with Crippen molar-refractivity contribution >= 4 is 28.3 Å². The fraction of sp³-hybridized carbons (Fsp3) is 0.600. The molecule has 1 aliphatic heterocycles. The summed E-state index contributed by atoms with van der Waals surface area (Å²) in [5, 5.41) is 7.27. The zero-order valence-electron chi connectivity index (χ0n) is 11.1. The van der Waals surface area contributed by atoms with Crippen LogP contribution in [0.3, 0.4) is 0 Å². The number of nitrogens with one attached hydrogen (secondary N) is 2. The maximum Gasteiger partial charge on any atom is 0.0352 e. The van der Waals surface area contributed by atoms with E-state index in [1.807, 2.05) is 0 Å². The summed E-state index contributed by atoms with van der Waals surface area (Å²) in [5.74, 6) is 0. The van der Waals surface area contributed by atoms with Crippen molar-refractivity contribution in [3.05, 3.63) is 27.8 Å². The molecule has 0 aliphatic carbocycles. The Morgan fingerprint density at radius 1 is 1.39 bits per heavy atom. The predicted octanol–water partition coefficient (Wildman–Crippen LogP) is 4.01. The zero-order valence-corrected chi connectivity index (χ0v) is 13.2. The van der Waals surface area contributed by atoms with Gasteiger partial charge in [-0.25, -0.2) is 0 Å². The molecule has 2 nitrogen and oxygen atoms in total. The lowest BCUT2D eigenvalue weighted by Crippen LogP contribution is -2.33. The van der Waals surface area contributed by atoms with Crippen molar-refractivity contribution in [2.24, 2.45) is 0 Å². The van der Waals surface area contributed by atoms with Crippen LogP contribution in [0.15, 0.2) is 24.3 Å². The van der Waals surface area contributed by atoms with E-state index in [1.165, 1.54) is 47.9 Å². The van der Waals surface area contributed by atoms with Crippen LogP contribution in [-0.2, 0) is 0 Å². The summed E-state index contributed by atoms with van der Waals surface area (Å²) in [6, 6.07) is 9.82. The Balaban J connectivity index is 1.82. The Kier molecular flexibility index (Phi) is 5.76. The molecule has 1 fully saturated rings. The molecule has 2 atom stereocenters. The second-order valence-electron chi connectivity index (χ2n) is 5.29. The first kappa shape index (κ1) is 14.1. The molecule has 2 N–H and O–H groups in total. The van der Waals surface area contributed by atoms with Gasteiger partial charge in [-0.15, -0.1) is 0 Å². The van der Waals surface area contributed by atoms with Crippen LogP contribution in [0, 0.1) is 3.57 Å². The van der Waals surface area contributed by atoms with Crippen LogP contribution in [0.5, 0.6) is 0 Å². The molecule has 1 aromatic carbocycles. The minimum absolute atomic E-state index is 0.527. The molecule has 0 aromatic heterocycles. The summed E-state index contributed by atoms with van der Waals surface area (Å²) in [6.07, 6.45) is 6.66. The summed E-state index contributed by atoms with van der Waals surface area (Å²) in [4.78, 5) is 0. The molecule has 0 bridgehead atoms. The van der Waals surface area contributed by atoms with Crippen molar-refractivity contribution in [1.29, 1.82) is 0 Å². The third kappa shape index (κ3) is 4.76. The summed E-state index contributed by atoms with van der Waals surface area (Å²) < 4.78 is 1.29. The fourth-order valence-corrected chi connectivity index (χ4v) is 3.19. The Morgan fingerprint density at radius 3 is 3.11 bits per heavy atom. The first-order valence-electron chi connectivity index (χ1n) is 6.99. The Labute approximate surface area is 124 Å². The number of hydrogen-bond acceptors (Lipinski definition) is 2. The van der Waals surface area contributed by atoms with E-state index in [-0.39, 0.29) is 0 Å². The van der Waals surface area contributed by atoms with Crippen molar-refractivity contribution in [2.45, 2.75) is 51.1 Å². The van der Waals surface area contributed by atoms with E-state index < -0.39 is 0 Å². The standard InChI is InChI=1S/C15H23IN2/c1-12(10-14-7-3-2-4-9-17-14)18-15-8-5-6-13(16)11-15/h5-6,8,11-12,14,17-18H,2-4,7,9-10H2,1H3. The van der Waals surface area contributed by atoms with Crippen molar-refractivity contribution in [3.63, 3.8) is 0 Å². The number of rotatable bonds is 4. The van der Waals surface area contributed by atoms with Crippen LogP contribution < -0.4 is 10.6 Å². The van der Waals surface area contributed by atoms with Crippen LogP contribution >= 0.6 is 22.6 Å². The van der Waals surface area contributed by atoms with E-state index in [9.17, 15) is 0 Å². The molecule has 2 rings (SSSR count). The average molecular weight is 358 g/mol. The second-order valence-corrected chi connectivity index (χ2v) is 6.54. The van der Waals surface area contributed by atoms with Gasteiger partial charge in [0.2, 0.25) is 0 Å². The maximum atomic E-state index is 3.67. The van der Waals surface area contributed by atoms with Gasteiger partial charge in [0, 0.05) is 21.3 Å². The van der Waals surface area contributed by atoms with Crippen LogP contribution in [-0.4, -0.2) is 18.6 Å². The molecule has 1 saturated heterocycles. The smallest absolute Gasteiger partial charge is 0.0352 e. The molecule has 2 unspecified atom stereocenters. The van der Waals surface area contributed by atoms with E-state index in [4.69, 9.17) is 0 Å². The molecule has 0 saturated carbocycles. The lowest BCUT2D eigenvalue weighted by atomic mass is 10.0. The van der Waals surface area contributed by atoms with Gasteiger partial charge in [0.15, 0.2) is 0 Å². The molecule has 1 aliphatic rings. The summed E-state index contributed by atoms with van der Waals surface area (Å²) in [5.41, 5.74) is 1.24. The number of hydrogen-bond donors (Lipinski definition) is 2. The molecule has 1 aromatic rings. The first-order valence-corrected chi connectivity index (χ1v) is 8.07. The molecule has 100 valence electrons. The Hall–Kier alpha value is -0.290. The third-order valence-electron chi connectivity index (χ3n) is 3.54. The largest absolute Gasteiger partial charge is 0.383 e. The maximum absolute atomic E-state index is 3.67. The monoisotopic (exact) mass is 358 g/mol. The van der Waals surface area contributed by atoms with Gasteiger partial charge in [0.25, 0.3) is 0 Å². The number of anilines is 1. The van der Waals surface area contributed by atoms with Gasteiger partial charge >= 0.3 is 0 Å². The van der Waals surface area contributed by atoms with E-state index in [0.29, 0.717) is 12.1 Å². The Bertz CT molecular complexity index is 359. The highest BCUT2D eigenvalue weighted by atomic mass is 127. The van der Waals surface area contributed by atoms with E-state index in [0.717, 1.165) is 0 Å². The molecule has 0 radical (unpaired) electrons. The van der Waals surface area contributed by atoms with Gasteiger partial charge in [-0.05, 0) is 73.5 Å². The fourth-order valence-electron chi connectivity index (χ4n) is 2.65. The predicted molar refractivity (Wildman–Crippen MR) is 87.1 cm³/mol. The van der Waals surface area contributed by atoms with Gasteiger partial charge in [-0.1, -0.05) is 18.9 Å². The normalized spacial score (nSPS) is 22.2. The van der Waals surface area contributed by atoms with Crippen LogP contribution in [0.25, 0.3) is 0 Å². The van der Waals surface area contributed by atoms with E-state index >= 15 is 0 Å². The molecule has 3 heteroatoms.